The number of hydrogen-bond acceptors (Lipinski definition) is 1. The minimum absolute atomic E-state index is 0.133. The lowest BCUT2D eigenvalue weighted by Crippen LogP contribution is -2.21. The molecule has 0 spiro atoms. The van der Waals surface area contributed by atoms with Crippen LogP contribution in [0.2, 0.25) is 5.02 Å². The molecule has 0 radical (unpaired) electrons. The Morgan fingerprint density at radius 1 is 1.50 bits per heavy atom. The van der Waals surface area contributed by atoms with Crippen molar-refractivity contribution in [2.24, 2.45) is 0 Å². The van der Waals surface area contributed by atoms with Crippen molar-refractivity contribution in [1.82, 2.24) is 0 Å². The topological polar surface area (TPSA) is 37.3 Å². The smallest absolute Gasteiger partial charge is 0.314 e. The summed E-state index contributed by atoms with van der Waals surface area (Å²) in [6, 6.07) is 4.23. The molecule has 0 unspecified atom stereocenters. The maximum absolute atomic E-state index is 13.4. The number of rotatable bonds is 2. The Hall–Kier alpha value is -1.09. The summed E-state index contributed by atoms with van der Waals surface area (Å²) in [6.07, 6.45) is 0.923. The molecule has 1 N–H and O–H groups in total. The van der Waals surface area contributed by atoms with Gasteiger partial charge in [0.2, 0.25) is 0 Å². The molecule has 1 aromatic rings. The zero-order chi connectivity index (χ0) is 10.3. The monoisotopic (exact) mass is 214 g/mol. The molecule has 2 nitrogen and oxygen atoms in total. The third kappa shape index (κ3) is 1.20. The largest absolute Gasteiger partial charge is 0.481 e. The fourth-order valence-corrected chi connectivity index (χ4v) is 1.99. The number of benzene rings is 1. The van der Waals surface area contributed by atoms with Crippen molar-refractivity contribution in [3.05, 3.63) is 34.6 Å². The van der Waals surface area contributed by atoms with Crippen LogP contribution in [0.1, 0.15) is 18.4 Å². The maximum Gasteiger partial charge on any atom is 0.314 e. The second kappa shape index (κ2) is 2.95. The van der Waals surface area contributed by atoms with E-state index in [0.717, 1.165) is 0 Å². The highest BCUT2D eigenvalue weighted by Gasteiger charge is 2.54. The molecule has 4 heteroatoms. The van der Waals surface area contributed by atoms with E-state index >= 15 is 0 Å². The molecule has 0 saturated heterocycles. The van der Waals surface area contributed by atoms with Gasteiger partial charge >= 0.3 is 5.97 Å². The van der Waals surface area contributed by atoms with E-state index in [9.17, 15) is 9.18 Å². The molecule has 2 rings (SSSR count). The van der Waals surface area contributed by atoms with Crippen molar-refractivity contribution in [2.75, 3.05) is 0 Å². The summed E-state index contributed by atoms with van der Waals surface area (Å²) >= 11 is 5.79. The van der Waals surface area contributed by atoms with Gasteiger partial charge in [0.15, 0.2) is 0 Å². The van der Waals surface area contributed by atoms with Crippen molar-refractivity contribution in [1.29, 1.82) is 0 Å². The van der Waals surface area contributed by atoms with Gasteiger partial charge in [-0.15, -0.1) is 0 Å². The zero-order valence-electron chi connectivity index (χ0n) is 7.26. The van der Waals surface area contributed by atoms with Crippen LogP contribution in [0.15, 0.2) is 18.2 Å². The van der Waals surface area contributed by atoms with Crippen LogP contribution < -0.4 is 0 Å². The molecular formula is C10H8ClFO2. The molecule has 74 valence electrons. The van der Waals surface area contributed by atoms with E-state index in [1.165, 1.54) is 18.2 Å². The first-order valence-electron chi connectivity index (χ1n) is 4.26. The Labute approximate surface area is 85.3 Å². The Morgan fingerprint density at radius 3 is 2.57 bits per heavy atom. The second-order valence-electron chi connectivity index (χ2n) is 3.48. The fraction of sp³-hybridized carbons (Fsp3) is 0.300. The van der Waals surface area contributed by atoms with Crippen molar-refractivity contribution in [3.63, 3.8) is 0 Å². The Bertz CT molecular complexity index is 379. The van der Waals surface area contributed by atoms with E-state index in [0.29, 0.717) is 12.8 Å². The lowest BCUT2D eigenvalue weighted by Gasteiger charge is -2.12. The van der Waals surface area contributed by atoms with Crippen LogP contribution in [-0.4, -0.2) is 11.1 Å². The third-order valence-electron chi connectivity index (χ3n) is 2.60. The molecule has 0 bridgehead atoms. The molecule has 1 aliphatic carbocycles. The lowest BCUT2D eigenvalue weighted by atomic mass is 9.95. The van der Waals surface area contributed by atoms with Gasteiger partial charge in [0.25, 0.3) is 0 Å². The molecule has 0 aliphatic heterocycles. The van der Waals surface area contributed by atoms with E-state index in [4.69, 9.17) is 16.7 Å². The predicted molar refractivity (Wildman–Crippen MR) is 50.0 cm³/mol. The Kier molecular flexibility index (Phi) is 2.00. The summed E-state index contributed by atoms with van der Waals surface area (Å²) in [5.74, 6) is -1.53. The van der Waals surface area contributed by atoms with E-state index in [-0.39, 0.29) is 10.6 Å². The summed E-state index contributed by atoms with van der Waals surface area (Å²) < 4.78 is 13.4. The molecule has 0 heterocycles. The lowest BCUT2D eigenvalue weighted by molar-refractivity contribution is -0.140. The first kappa shape index (κ1) is 9.46. The maximum atomic E-state index is 13.4. The second-order valence-corrected chi connectivity index (χ2v) is 3.89. The van der Waals surface area contributed by atoms with E-state index in [1.807, 2.05) is 0 Å². The zero-order valence-corrected chi connectivity index (χ0v) is 8.01. The molecule has 1 saturated carbocycles. The first-order chi connectivity index (χ1) is 6.58. The number of carboxylic acids is 1. The van der Waals surface area contributed by atoms with Crippen LogP contribution in [-0.2, 0) is 10.2 Å². The van der Waals surface area contributed by atoms with Crippen LogP contribution in [0.4, 0.5) is 4.39 Å². The normalized spacial score (nSPS) is 17.9. The van der Waals surface area contributed by atoms with Gasteiger partial charge in [-0.1, -0.05) is 17.7 Å². The summed E-state index contributed by atoms with van der Waals surface area (Å²) in [5, 5.41) is 9.18. The number of hydrogen-bond donors (Lipinski definition) is 1. The number of aliphatic carboxylic acids is 1. The summed E-state index contributed by atoms with van der Waals surface area (Å²) in [4.78, 5) is 11.0. The van der Waals surface area contributed by atoms with Gasteiger partial charge in [-0.25, -0.2) is 4.39 Å². The quantitative estimate of drug-likeness (QED) is 0.822. The summed E-state index contributed by atoms with van der Waals surface area (Å²) in [6.45, 7) is 0. The SMILES string of the molecule is O=C(O)C1(c2c(F)cccc2Cl)CC1. The van der Waals surface area contributed by atoms with Gasteiger partial charge in [0, 0.05) is 10.6 Å². The Balaban J connectivity index is 2.56. The average Bonchev–Trinajstić information content (AvgIpc) is 2.85. The number of carboxylic acid groups (broad SMARTS) is 1. The van der Waals surface area contributed by atoms with E-state index in [1.54, 1.807) is 0 Å². The van der Waals surface area contributed by atoms with Gasteiger partial charge in [0.1, 0.15) is 5.82 Å². The number of halogens is 2. The molecule has 1 fully saturated rings. The molecule has 14 heavy (non-hydrogen) atoms. The van der Waals surface area contributed by atoms with Gasteiger partial charge in [-0.05, 0) is 25.0 Å². The fourth-order valence-electron chi connectivity index (χ4n) is 1.65. The van der Waals surface area contributed by atoms with Crippen LogP contribution >= 0.6 is 11.6 Å². The molecular weight excluding hydrogens is 207 g/mol. The summed E-state index contributed by atoms with van der Waals surface area (Å²) in [5.41, 5.74) is -0.934. The van der Waals surface area contributed by atoms with Crippen molar-refractivity contribution < 1.29 is 14.3 Å². The van der Waals surface area contributed by atoms with E-state index < -0.39 is 17.2 Å². The van der Waals surface area contributed by atoms with E-state index in [2.05, 4.69) is 0 Å². The molecule has 0 aromatic heterocycles. The number of carbonyl (C=O) groups is 1. The molecule has 0 amide bonds. The van der Waals surface area contributed by atoms with Crippen LogP contribution in [0.3, 0.4) is 0 Å². The minimum Gasteiger partial charge on any atom is -0.481 e. The standard InChI is InChI=1S/C10H8ClFO2/c11-6-2-1-3-7(12)8(6)10(4-5-10)9(13)14/h1-3H,4-5H2,(H,13,14). The Morgan fingerprint density at radius 2 is 2.14 bits per heavy atom. The average molecular weight is 215 g/mol. The van der Waals surface area contributed by atoms with Gasteiger partial charge in [0.05, 0.1) is 5.41 Å². The predicted octanol–water partition coefficient (Wildman–Crippen LogP) is 2.60. The van der Waals surface area contributed by atoms with Gasteiger partial charge in [-0.3, -0.25) is 4.79 Å². The highest BCUT2D eigenvalue weighted by molar-refractivity contribution is 6.31. The van der Waals surface area contributed by atoms with Crippen LogP contribution in [0, 0.1) is 5.82 Å². The minimum atomic E-state index is -1.07. The van der Waals surface area contributed by atoms with Crippen molar-refractivity contribution in [3.8, 4) is 0 Å². The summed E-state index contributed by atoms with van der Waals surface area (Å²) in [7, 11) is 0. The molecule has 1 aliphatic rings. The molecule has 1 aromatic carbocycles. The highest BCUT2D eigenvalue weighted by atomic mass is 35.5. The van der Waals surface area contributed by atoms with Crippen molar-refractivity contribution >= 4 is 17.6 Å². The van der Waals surface area contributed by atoms with Crippen molar-refractivity contribution in [2.45, 2.75) is 18.3 Å². The first-order valence-corrected chi connectivity index (χ1v) is 4.63. The third-order valence-corrected chi connectivity index (χ3v) is 2.92. The van der Waals surface area contributed by atoms with Crippen LogP contribution in [0.5, 0.6) is 0 Å². The van der Waals surface area contributed by atoms with Crippen LogP contribution in [0.25, 0.3) is 0 Å². The highest BCUT2D eigenvalue weighted by Crippen LogP contribution is 2.51. The van der Waals surface area contributed by atoms with Gasteiger partial charge in [-0.2, -0.15) is 0 Å². The molecule has 0 atom stereocenters. The van der Waals surface area contributed by atoms with Gasteiger partial charge < -0.3 is 5.11 Å².